The second kappa shape index (κ2) is 7.16. The molecule has 0 amide bonds. The van der Waals surface area contributed by atoms with Crippen molar-refractivity contribution in [3.05, 3.63) is 72.7 Å². The van der Waals surface area contributed by atoms with Gasteiger partial charge in [0, 0.05) is 36.8 Å². The van der Waals surface area contributed by atoms with Crippen LogP contribution in [0.5, 0.6) is 0 Å². The molecule has 0 fully saturated rings. The Morgan fingerprint density at radius 3 is 2.81 bits per heavy atom. The number of aromatic nitrogens is 6. The summed E-state index contributed by atoms with van der Waals surface area (Å²) in [5.41, 5.74) is 8.75. The molecular weight excluding hydrogens is 398 g/mol. The van der Waals surface area contributed by atoms with Gasteiger partial charge < -0.3 is 9.88 Å². The number of hydrogen-bond acceptors (Lipinski definition) is 5. The Hall–Kier alpha value is -4.26. The number of fused-ring (bicyclic) bond motifs is 2. The Balaban J connectivity index is 1.48. The standard InChI is InChI=1S/C25H21N7/c1-32(2)17-10-16(12-26-13-17)21-11-19-22(14-27-21)30-31-24(19)25-28-20-9-5-8-18(23(20)29-25)15-6-3-4-7-15/h3,5-14H,4H2,1-2H3,(H,28,29)(H,30,31). The average molecular weight is 419 g/mol. The lowest BCUT2D eigenvalue weighted by Crippen LogP contribution is -2.08. The van der Waals surface area contributed by atoms with Crippen molar-refractivity contribution in [3.8, 4) is 22.8 Å². The van der Waals surface area contributed by atoms with Crippen molar-refractivity contribution in [3.63, 3.8) is 0 Å². The minimum Gasteiger partial charge on any atom is -0.376 e. The van der Waals surface area contributed by atoms with Gasteiger partial charge in [-0.3, -0.25) is 15.1 Å². The summed E-state index contributed by atoms with van der Waals surface area (Å²) in [5.74, 6) is 0.735. The van der Waals surface area contributed by atoms with Crippen molar-refractivity contribution >= 4 is 33.2 Å². The molecule has 4 aromatic heterocycles. The fourth-order valence-electron chi connectivity index (χ4n) is 4.10. The van der Waals surface area contributed by atoms with E-state index in [4.69, 9.17) is 4.98 Å². The highest BCUT2D eigenvalue weighted by molar-refractivity contribution is 5.97. The molecule has 7 nitrogen and oxygen atoms in total. The van der Waals surface area contributed by atoms with E-state index in [1.165, 1.54) is 5.57 Å². The Morgan fingerprint density at radius 1 is 1.03 bits per heavy atom. The van der Waals surface area contributed by atoms with E-state index in [-0.39, 0.29) is 0 Å². The van der Waals surface area contributed by atoms with Crippen LogP contribution in [0.4, 0.5) is 5.69 Å². The lowest BCUT2D eigenvalue weighted by Gasteiger charge is -2.12. The first kappa shape index (κ1) is 18.5. The summed E-state index contributed by atoms with van der Waals surface area (Å²) in [7, 11) is 4.00. The van der Waals surface area contributed by atoms with E-state index < -0.39 is 0 Å². The minimum absolute atomic E-state index is 0.735. The fourth-order valence-corrected chi connectivity index (χ4v) is 4.10. The molecule has 0 spiro atoms. The maximum Gasteiger partial charge on any atom is 0.159 e. The third-order valence-corrected chi connectivity index (χ3v) is 5.80. The smallest absolute Gasteiger partial charge is 0.159 e. The van der Waals surface area contributed by atoms with E-state index in [1.807, 2.05) is 43.7 Å². The first-order valence-electron chi connectivity index (χ1n) is 10.5. The third-order valence-electron chi connectivity index (χ3n) is 5.80. The molecular formula is C25H21N7. The molecule has 4 heterocycles. The Kier molecular flexibility index (Phi) is 4.14. The van der Waals surface area contributed by atoms with Crippen molar-refractivity contribution in [2.75, 3.05) is 19.0 Å². The second-order valence-corrected chi connectivity index (χ2v) is 8.10. The van der Waals surface area contributed by atoms with Crippen molar-refractivity contribution in [2.24, 2.45) is 0 Å². The number of nitrogens with zero attached hydrogens (tertiary/aromatic N) is 5. The largest absolute Gasteiger partial charge is 0.376 e. The first-order valence-corrected chi connectivity index (χ1v) is 10.5. The Bertz CT molecular complexity index is 1530. The number of H-pyrrole nitrogens is 2. The topological polar surface area (TPSA) is 86.4 Å². The normalized spacial score (nSPS) is 13.2. The van der Waals surface area contributed by atoms with Crippen LogP contribution in [0.15, 0.2) is 67.2 Å². The fraction of sp³-hybridized carbons (Fsp3) is 0.120. The molecule has 32 heavy (non-hydrogen) atoms. The highest BCUT2D eigenvalue weighted by Crippen LogP contribution is 2.32. The van der Waals surface area contributed by atoms with Gasteiger partial charge >= 0.3 is 0 Å². The van der Waals surface area contributed by atoms with E-state index in [0.717, 1.165) is 62.4 Å². The van der Waals surface area contributed by atoms with Gasteiger partial charge in [0.1, 0.15) is 5.69 Å². The third kappa shape index (κ3) is 2.98. The minimum atomic E-state index is 0.735. The molecule has 1 aliphatic carbocycles. The van der Waals surface area contributed by atoms with Crippen LogP contribution in [0.25, 0.3) is 50.3 Å². The maximum atomic E-state index is 4.94. The zero-order valence-electron chi connectivity index (χ0n) is 17.8. The van der Waals surface area contributed by atoms with E-state index in [9.17, 15) is 0 Å². The summed E-state index contributed by atoms with van der Waals surface area (Å²) in [5, 5.41) is 8.61. The molecule has 0 saturated carbocycles. The van der Waals surface area contributed by atoms with Crippen LogP contribution in [0, 0.1) is 0 Å². The van der Waals surface area contributed by atoms with Crippen LogP contribution in [0.2, 0.25) is 0 Å². The van der Waals surface area contributed by atoms with Crippen LogP contribution in [0.1, 0.15) is 12.0 Å². The summed E-state index contributed by atoms with van der Waals surface area (Å²) in [4.78, 5) is 19.4. The molecule has 156 valence electrons. The lowest BCUT2D eigenvalue weighted by molar-refractivity contribution is 1.10. The van der Waals surface area contributed by atoms with Crippen molar-refractivity contribution in [2.45, 2.75) is 6.42 Å². The number of pyridine rings is 2. The number of anilines is 1. The Morgan fingerprint density at radius 2 is 1.97 bits per heavy atom. The number of hydrogen-bond donors (Lipinski definition) is 2. The summed E-state index contributed by atoms with van der Waals surface area (Å²) >= 11 is 0. The number of allylic oxidation sites excluding steroid dienone is 4. The maximum absolute atomic E-state index is 4.94. The molecule has 1 aromatic carbocycles. The van der Waals surface area contributed by atoms with Crippen LogP contribution >= 0.6 is 0 Å². The number of aromatic amines is 2. The van der Waals surface area contributed by atoms with Crippen molar-refractivity contribution in [1.82, 2.24) is 30.1 Å². The number of para-hydroxylation sites is 1. The molecule has 5 aromatic rings. The van der Waals surface area contributed by atoms with E-state index >= 15 is 0 Å². The average Bonchev–Trinajstić information content (AvgIpc) is 3.57. The van der Waals surface area contributed by atoms with Crippen LogP contribution in [-0.4, -0.2) is 44.2 Å². The van der Waals surface area contributed by atoms with Crippen molar-refractivity contribution < 1.29 is 0 Å². The summed E-state index contributed by atoms with van der Waals surface area (Å²) < 4.78 is 0. The van der Waals surface area contributed by atoms with E-state index in [1.54, 1.807) is 0 Å². The molecule has 7 heteroatoms. The van der Waals surface area contributed by atoms with Gasteiger partial charge in [0.2, 0.25) is 0 Å². The lowest BCUT2D eigenvalue weighted by atomic mass is 10.1. The van der Waals surface area contributed by atoms with E-state index in [0.29, 0.717) is 0 Å². The SMILES string of the molecule is CN(C)c1cncc(-c2cc3c(-c4nc5c(C6=CCC=C6)cccc5[nH]4)n[nH]c3cn2)c1. The molecule has 0 aliphatic heterocycles. The number of rotatable bonds is 4. The first-order chi connectivity index (χ1) is 15.7. The highest BCUT2D eigenvalue weighted by atomic mass is 15.1. The van der Waals surface area contributed by atoms with Crippen LogP contribution in [-0.2, 0) is 0 Å². The highest BCUT2D eigenvalue weighted by Gasteiger charge is 2.17. The van der Waals surface area contributed by atoms with Gasteiger partial charge in [0.15, 0.2) is 5.82 Å². The molecule has 6 rings (SSSR count). The Labute approximate surface area is 184 Å². The summed E-state index contributed by atoms with van der Waals surface area (Å²) in [6, 6.07) is 10.3. The zero-order valence-corrected chi connectivity index (χ0v) is 17.8. The van der Waals surface area contributed by atoms with Gasteiger partial charge in [-0.25, -0.2) is 4.98 Å². The quantitative estimate of drug-likeness (QED) is 0.429. The van der Waals surface area contributed by atoms with Crippen molar-refractivity contribution in [1.29, 1.82) is 0 Å². The molecule has 2 N–H and O–H groups in total. The summed E-state index contributed by atoms with van der Waals surface area (Å²) in [6.45, 7) is 0. The zero-order chi connectivity index (χ0) is 21.7. The molecule has 0 unspecified atom stereocenters. The predicted octanol–water partition coefficient (Wildman–Crippen LogP) is 4.97. The molecule has 0 radical (unpaired) electrons. The monoisotopic (exact) mass is 419 g/mol. The molecule has 1 aliphatic rings. The van der Waals surface area contributed by atoms with Gasteiger partial charge in [0.05, 0.1) is 40.3 Å². The molecule has 0 bridgehead atoms. The van der Waals surface area contributed by atoms with Crippen LogP contribution < -0.4 is 4.90 Å². The van der Waals surface area contributed by atoms with Gasteiger partial charge in [-0.15, -0.1) is 0 Å². The van der Waals surface area contributed by atoms with Gasteiger partial charge in [-0.1, -0.05) is 30.4 Å². The van der Waals surface area contributed by atoms with Gasteiger partial charge in [-0.2, -0.15) is 5.10 Å². The van der Waals surface area contributed by atoms with E-state index in [2.05, 4.69) is 67.6 Å². The molecule has 0 atom stereocenters. The number of benzene rings is 1. The summed E-state index contributed by atoms with van der Waals surface area (Å²) in [6.07, 6.45) is 13.0. The number of nitrogens with one attached hydrogen (secondary N) is 2. The van der Waals surface area contributed by atoms with Gasteiger partial charge in [-0.05, 0) is 30.2 Å². The number of imidazole rings is 1. The second-order valence-electron chi connectivity index (χ2n) is 8.10. The molecule has 0 saturated heterocycles. The van der Waals surface area contributed by atoms with Gasteiger partial charge in [0.25, 0.3) is 0 Å². The predicted molar refractivity (Wildman–Crippen MR) is 128 cm³/mol. The van der Waals surface area contributed by atoms with Crippen LogP contribution in [0.3, 0.4) is 0 Å².